The van der Waals surface area contributed by atoms with Crippen molar-refractivity contribution >= 4 is 0 Å². The summed E-state index contributed by atoms with van der Waals surface area (Å²) in [5.74, 6) is 0. The van der Waals surface area contributed by atoms with Crippen molar-refractivity contribution in [1.29, 1.82) is 0 Å². The summed E-state index contributed by atoms with van der Waals surface area (Å²) < 4.78 is 12.6. The summed E-state index contributed by atoms with van der Waals surface area (Å²) in [5, 5.41) is 0. The maximum absolute atomic E-state index is 12.6. The number of halogens is 1. The largest absolute Gasteiger partial charge is 0.324 e. The topological polar surface area (TPSA) is 26.0 Å². The Morgan fingerprint density at radius 2 is 2.27 bits per heavy atom. The van der Waals surface area contributed by atoms with E-state index in [0.717, 1.165) is 5.57 Å². The highest BCUT2D eigenvalue weighted by molar-refractivity contribution is 5.06. The Morgan fingerprint density at radius 3 is 2.64 bits per heavy atom. The van der Waals surface area contributed by atoms with Crippen molar-refractivity contribution in [2.24, 2.45) is 5.73 Å². The maximum Gasteiger partial charge on any atom is 0.121 e. The molecule has 2 heteroatoms. The van der Waals surface area contributed by atoms with Gasteiger partial charge in [-0.25, -0.2) is 4.39 Å². The molecule has 0 rings (SSSR count). The molecule has 0 heterocycles. The molecule has 0 aliphatic carbocycles. The zero-order chi connectivity index (χ0) is 8.85. The van der Waals surface area contributed by atoms with E-state index in [0.29, 0.717) is 6.42 Å². The van der Waals surface area contributed by atoms with Gasteiger partial charge in [-0.05, 0) is 13.8 Å². The molecule has 64 valence electrons. The monoisotopic (exact) mass is 157 g/mol. The number of hydrogen-bond donors (Lipinski definition) is 1. The molecule has 0 saturated heterocycles. The second-order valence-electron chi connectivity index (χ2n) is 2.72. The molecule has 0 unspecified atom stereocenters. The fourth-order valence-corrected chi connectivity index (χ4v) is 0.581. The third-order valence-corrected chi connectivity index (χ3v) is 1.64. The molecule has 0 aliphatic heterocycles. The highest BCUT2D eigenvalue weighted by Crippen LogP contribution is 2.05. The van der Waals surface area contributed by atoms with Gasteiger partial charge in [-0.1, -0.05) is 17.7 Å². The predicted octanol–water partition coefficient (Wildman–Crippen LogP) is 2.19. The van der Waals surface area contributed by atoms with Crippen LogP contribution in [0, 0.1) is 0 Å². The van der Waals surface area contributed by atoms with Crippen LogP contribution in [0.25, 0.3) is 0 Å². The van der Waals surface area contributed by atoms with Crippen molar-refractivity contribution in [1.82, 2.24) is 0 Å². The lowest BCUT2D eigenvalue weighted by Crippen LogP contribution is -2.16. The summed E-state index contributed by atoms with van der Waals surface area (Å²) in [6.45, 7) is 7.13. The van der Waals surface area contributed by atoms with Gasteiger partial charge in [0, 0.05) is 12.5 Å². The van der Waals surface area contributed by atoms with Crippen LogP contribution >= 0.6 is 0 Å². The zero-order valence-corrected chi connectivity index (χ0v) is 7.18. The Hall–Kier alpha value is -0.630. The Morgan fingerprint density at radius 1 is 1.73 bits per heavy atom. The smallest absolute Gasteiger partial charge is 0.121 e. The lowest BCUT2D eigenvalue weighted by Gasteiger charge is -2.05. The van der Waals surface area contributed by atoms with Crippen LogP contribution < -0.4 is 5.73 Å². The second kappa shape index (κ2) is 5.08. The Balaban J connectivity index is 3.81. The molecule has 0 aliphatic rings. The first-order valence-electron chi connectivity index (χ1n) is 3.76. The van der Waals surface area contributed by atoms with E-state index in [4.69, 9.17) is 5.73 Å². The lowest BCUT2D eigenvalue weighted by atomic mass is 10.1. The molecule has 2 atom stereocenters. The summed E-state index contributed by atoms with van der Waals surface area (Å²) in [6.07, 6.45) is 2.56. The molecular formula is C9H16FN. The summed E-state index contributed by atoms with van der Waals surface area (Å²) in [6, 6.07) is 0.0204. The minimum Gasteiger partial charge on any atom is -0.324 e. The standard InChI is InChI=1S/C9H16FN/c1-4-9(10)6-5-7(2)8(3)11/h4-5,8-9H,1,6,11H2,2-3H3/b7-5+/t8-,9-/m0/s1. The van der Waals surface area contributed by atoms with Crippen LogP contribution in [-0.4, -0.2) is 12.2 Å². The van der Waals surface area contributed by atoms with Crippen molar-refractivity contribution in [2.45, 2.75) is 32.5 Å². The van der Waals surface area contributed by atoms with E-state index in [-0.39, 0.29) is 6.04 Å². The Bertz CT molecular complexity index is 150. The quantitative estimate of drug-likeness (QED) is 0.622. The van der Waals surface area contributed by atoms with E-state index in [1.165, 1.54) is 6.08 Å². The summed E-state index contributed by atoms with van der Waals surface area (Å²) in [5.41, 5.74) is 6.57. The first kappa shape index (κ1) is 10.4. The van der Waals surface area contributed by atoms with Gasteiger partial charge in [0.25, 0.3) is 0 Å². The minimum atomic E-state index is -0.941. The van der Waals surface area contributed by atoms with Gasteiger partial charge in [0.1, 0.15) is 6.17 Å². The second-order valence-corrected chi connectivity index (χ2v) is 2.72. The zero-order valence-electron chi connectivity index (χ0n) is 7.18. The fourth-order valence-electron chi connectivity index (χ4n) is 0.581. The molecule has 1 nitrogen and oxygen atoms in total. The van der Waals surface area contributed by atoms with Crippen molar-refractivity contribution in [3.05, 3.63) is 24.3 Å². The minimum absolute atomic E-state index is 0.0204. The molecule has 0 bridgehead atoms. The third-order valence-electron chi connectivity index (χ3n) is 1.64. The molecule has 0 aromatic rings. The first-order chi connectivity index (χ1) is 5.07. The van der Waals surface area contributed by atoms with Crippen molar-refractivity contribution in [3.63, 3.8) is 0 Å². The molecule has 0 spiro atoms. The molecular weight excluding hydrogens is 141 g/mol. The molecule has 0 aromatic carbocycles. The van der Waals surface area contributed by atoms with Crippen molar-refractivity contribution in [3.8, 4) is 0 Å². The van der Waals surface area contributed by atoms with Gasteiger partial charge in [0.2, 0.25) is 0 Å². The van der Waals surface area contributed by atoms with E-state index in [1.54, 1.807) is 0 Å². The average Bonchev–Trinajstić information content (AvgIpc) is 1.99. The number of hydrogen-bond acceptors (Lipinski definition) is 1. The van der Waals surface area contributed by atoms with Gasteiger partial charge in [-0.15, -0.1) is 6.58 Å². The molecule has 0 fully saturated rings. The Kier molecular flexibility index (Phi) is 4.79. The SMILES string of the molecule is C=C[C@H](F)C/C=C(\C)[C@H](C)N. The maximum atomic E-state index is 12.6. The highest BCUT2D eigenvalue weighted by Gasteiger charge is 1.99. The van der Waals surface area contributed by atoms with E-state index in [2.05, 4.69) is 6.58 Å². The van der Waals surface area contributed by atoms with Gasteiger partial charge >= 0.3 is 0 Å². The molecule has 0 saturated carbocycles. The van der Waals surface area contributed by atoms with Crippen LogP contribution in [0.5, 0.6) is 0 Å². The Labute approximate surface area is 67.8 Å². The lowest BCUT2D eigenvalue weighted by molar-refractivity contribution is 0.403. The van der Waals surface area contributed by atoms with Gasteiger partial charge in [0.15, 0.2) is 0 Å². The van der Waals surface area contributed by atoms with E-state index < -0.39 is 6.17 Å². The summed E-state index contributed by atoms with van der Waals surface area (Å²) >= 11 is 0. The predicted molar refractivity (Wildman–Crippen MR) is 47.1 cm³/mol. The van der Waals surface area contributed by atoms with Gasteiger partial charge in [-0.3, -0.25) is 0 Å². The number of allylic oxidation sites excluding steroid dienone is 2. The molecule has 2 N–H and O–H groups in total. The van der Waals surface area contributed by atoms with Gasteiger partial charge in [-0.2, -0.15) is 0 Å². The van der Waals surface area contributed by atoms with E-state index >= 15 is 0 Å². The molecule has 11 heavy (non-hydrogen) atoms. The van der Waals surface area contributed by atoms with Crippen LogP contribution in [0.2, 0.25) is 0 Å². The van der Waals surface area contributed by atoms with Crippen LogP contribution in [0.4, 0.5) is 4.39 Å². The van der Waals surface area contributed by atoms with E-state index in [9.17, 15) is 4.39 Å². The summed E-state index contributed by atoms with van der Waals surface area (Å²) in [7, 11) is 0. The first-order valence-corrected chi connectivity index (χ1v) is 3.76. The van der Waals surface area contributed by atoms with Gasteiger partial charge < -0.3 is 5.73 Å². The van der Waals surface area contributed by atoms with Crippen LogP contribution in [-0.2, 0) is 0 Å². The molecule has 0 amide bonds. The fraction of sp³-hybridized carbons (Fsp3) is 0.556. The number of rotatable bonds is 4. The summed E-state index contributed by atoms with van der Waals surface area (Å²) in [4.78, 5) is 0. The van der Waals surface area contributed by atoms with Gasteiger partial charge in [0.05, 0.1) is 0 Å². The van der Waals surface area contributed by atoms with Crippen molar-refractivity contribution in [2.75, 3.05) is 0 Å². The third kappa shape index (κ3) is 4.73. The van der Waals surface area contributed by atoms with Crippen LogP contribution in [0.1, 0.15) is 20.3 Å². The van der Waals surface area contributed by atoms with Crippen LogP contribution in [0.15, 0.2) is 24.3 Å². The molecule has 0 aromatic heterocycles. The van der Waals surface area contributed by atoms with Crippen molar-refractivity contribution < 1.29 is 4.39 Å². The molecule has 0 radical (unpaired) electrons. The highest BCUT2D eigenvalue weighted by atomic mass is 19.1. The van der Waals surface area contributed by atoms with E-state index in [1.807, 2.05) is 19.9 Å². The number of nitrogens with two attached hydrogens (primary N) is 1. The normalized spacial score (nSPS) is 17.6. The average molecular weight is 157 g/mol. The van der Waals surface area contributed by atoms with Crippen LogP contribution in [0.3, 0.4) is 0 Å². The number of alkyl halides is 1.